The summed E-state index contributed by atoms with van der Waals surface area (Å²) in [6.45, 7) is 6.17. The monoisotopic (exact) mass is 216 g/mol. The molecule has 2 aliphatic carbocycles. The molecule has 88 valence electrons. The minimum Gasteiger partial charge on any atom is -0.0683 e. The van der Waals surface area contributed by atoms with Crippen LogP contribution in [0.15, 0.2) is 24.3 Å². The molecular weight excluding hydrogens is 192 g/mol. The summed E-state index contributed by atoms with van der Waals surface area (Å²) in [4.78, 5) is 0. The van der Waals surface area contributed by atoms with Crippen LogP contribution in [0.25, 0.3) is 0 Å². The summed E-state index contributed by atoms with van der Waals surface area (Å²) in [6.07, 6.45) is 5.97. The van der Waals surface area contributed by atoms with Gasteiger partial charge in [-0.1, -0.05) is 50.1 Å². The van der Waals surface area contributed by atoms with Gasteiger partial charge in [0.15, 0.2) is 0 Å². The van der Waals surface area contributed by atoms with Gasteiger partial charge >= 0.3 is 0 Å². The topological polar surface area (TPSA) is 0 Å². The van der Waals surface area contributed by atoms with Gasteiger partial charge in [-0.05, 0) is 49.5 Å². The Labute approximate surface area is 100 Å². The van der Waals surface area contributed by atoms with Crippen LogP contribution in [0.4, 0.5) is 0 Å². The van der Waals surface area contributed by atoms with Crippen LogP contribution < -0.4 is 0 Å². The summed E-state index contributed by atoms with van der Waals surface area (Å²) < 4.78 is 0. The highest BCUT2D eigenvalue weighted by Crippen LogP contribution is 2.52. The molecule has 3 atom stereocenters. The van der Waals surface area contributed by atoms with Crippen molar-refractivity contribution in [3.63, 3.8) is 0 Å². The van der Waals surface area contributed by atoms with Crippen LogP contribution in [0.3, 0.4) is 0 Å². The van der Waals surface area contributed by atoms with Crippen molar-refractivity contribution in [1.82, 2.24) is 0 Å². The largest absolute Gasteiger partial charge is 0.0683 e. The van der Waals surface area contributed by atoms with E-state index in [1.165, 1.54) is 31.2 Å². The van der Waals surface area contributed by atoms with Crippen LogP contribution in [-0.4, -0.2) is 0 Å². The van der Waals surface area contributed by atoms with Gasteiger partial charge in [0.25, 0.3) is 0 Å². The zero-order valence-corrected chi connectivity index (χ0v) is 10.9. The number of fused-ring (bicyclic) bond motifs is 2. The lowest BCUT2D eigenvalue weighted by Gasteiger charge is -2.22. The van der Waals surface area contributed by atoms with Crippen LogP contribution in [0.1, 0.15) is 56.6 Å². The van der Waals surface area contributed by atoms with Crippen molar-refractivity contribution in [1.29, 1.82) is 0 Å². The number of hydrogen-bond donors (Lipinski definition) is 0. The van der Waals surface area contributed by atoms with Crippen LogP contribution >= 0.6 is 0 Å². The molecule has 2 saturated carbocycles. The van der Waals surface area contributed by atoms with Gasteiger partial charge in [-0.3, -0.25) is 0 Å². The summed E-state index contributed by atoms with van der Waals surface area (Å²) in [5, 5.41) is 0. The van der Waals surface area contributed by atoms with E-state index in [0.717, 1.165) is 17.8 Å². The fourth-order valence-electron chi connectivity index (χ4n) is 3.47. The second kappa shape index (κ2) is 5.03. The Hall–Kier alpha value is -0.780. The molecule has 0 nitrogen and oxygen atoms in total. The first-order valence-corrected chi connectivity index (χ1v) is 6.89. The van der Waals surface area contributed by atoms with Gasteiger partial charge in [-0.15, -0.1) is 0 Å². The minimum absolute atomic E-state index is 0.898. The van der Waals surface area contributed by atoms with E-state index in [2.05, 4.69) is 31.2 Å². The maximum atomic E-state index is 2.35. The Balaban J connectivity index is 0.000000457. The SMILES string of the molecule is CC.Cc1ccc(C2CC3CCC2C3)cc1. The van der Waals surface area contributed by atoms with Crippen molar-refractivity contribution in [3.05, 3.63) is 35.4 Å². The Bertz CT molecular complexity index is 322. The Morgan fingerprint density at radius 2 is 1.62 bits per heavy atom. The second-order valence-corrected chi connectivity index (χ2v) is 5.19. The molecule has 16 heavy (non-hydrogen) atoms. The van der Waals surface area contributed by atoms with E-state index >= 15 is 0 Å². The molecule has 0 aromatic heterocycles. The standard InChI is InChI=1S/C14H18.C2H6/c1-10-2-5-12(6-3-10)14-9-11-4-7-13(14)8-11;1-2/h2-3,5-6,11,13-14H,4,7-9H2,1H3;1-2H3. The highest BCUT2D eigenvalue weighted by molar-refractivity contribution is 5.26. The predicted octanol–water partition coefficient (Wildman–Crippen LogP) is 4.92. The molecule has 2 fully saturated rings. The van der Waals surface area contributed by atoms with Gasteiger partial charge in [-0.2, -0.15) is 0 Å². The van der Waals surface area contributed by atoms with Gasteiger partial charge in [0.1, 0.15) is 0 Å². The Kier molecular flexibility index (Phi) is 3.68. The number of rotatable bonds is 1. The van der Waals surface area contributed by atoms with Crippen molar-refractivity contribution in [3.8, 4) is 0 Å². The summed E-state index contributed by atoms with van der Waals surface area (Å²) in [6, 6.07) is 9.23. The molecule has 0 heteroatoms. The molecule has 0 N–H and O–H groups in total. The molecule has 0 aliphatic heterocycles. The maximum Gasteiger partial charge on any atom is -0.0131 e. The maximum absolute atomic E-state index is 2.35. The quantitative estimate of drug-likeness (QED) is 0.624. The average molecular weight is 216 g/mol. The third-order valence-electron chi connectivity index (χ3n) is 4.24. The highest BCUT2D eigenvalue weighted by Gasteiger charge is 2.39. The summed E-state index contributed by atoms with van der Waals surface area (Å²) in [5.41, 5.74) is 2.99. The molecule has 0 spiro atoms. The van der Waals surface area contributed by atoms with Gasteiger partial charge in [0.2, 0.25) is 0 Å². The molecule has 3 unspecified atom stereocenters. The molecule has 0 heterocycles. The zero-order valence-electron chi connectivity index (χ0n) is 10.9. The molecular formula is C16H24. The van der Waals surface area contributed by atoms with E-state index in [9.17, 15) is 0 Å². The fraction of sp³-hybridized carbons (Fsp3) is 0.625. The highest BCUT2D eigenvalue weighted by atomic mass is 14.4. The molecule has 2 aliphatic rings. The molecule has 0 amide bonds. The van der Waals surface area contributed by atoms with Crippen molar-refractivity contribution in [2.24, 2.45) is 11.8 Å². The summed E-state index contributed by atoms with van der Waals surface area (Å²) >= 11 is 0. The van der Waals surface area contributed by atoms with Gasteiger partial charge in [-0.25, -0.2) is 0 Å². The average Bonchev–Trinajstić information content (AvgIpc) is 2.94. The fourth-order valence-corrected chi connectivity index (χ4v) is 3.47. The number of benzene rings is 1. The zero-order chi connectivity index (χ0) is 11.5. The molecule has 1 aromatic carbocycles. The van der Waals surface area contributed by atoms with E-state index < -0.39 is 0 Å². The molecule has 1 aromatic rings. The van der Waals surface area contributed by atoms with E-state index in [0.29, 0.717) is 0 Å². The predicted molar refractivity (Wildman–Crippen MR) is 70.7 cm³/mol. The second-order valence-electron chi connectivity index (χ2n) is 5.19. The molecule has 2 bridgehead atoms. The van der Waals surface area contributed by atoms with Crippen molar-refractivity contribution in [2.75, 3.05) is 0 Å². The van der Waals surface area contributed by atoms with Gasteiger partial charge in [0, 0.05) is 0 Å². The molecule has 3 rings (SSSR count). The first-order chi connectivity index (χ1) is 7.83. The number of hydrogen-bond acceptors (Lipinski definition) is 0. The van der Waals surface area contributed by atoms with Crippen molar-refractivity contribution >= 4 is 0 Å². The number of aryl methyl sites for hydroxylation is 1. The van der Waals surface area contributed by atoms with E-state index in [-0.39, 0.29) is 0 Å². The molecule has 0 saturated heterocycles. The van der Waals surface area contributed by atoms with Crippen LogP contribution in [0, 0.1) is 18.8 Å². The van der Waals surface area contributed by atoms with Crippen LogP contribution in [0.5, 0.6) is 0 Å². The van der Waals surface area contributed by atoms with Crippen LogP contribution in [0.2, 0.25) is 0 Å². The lowest BCUT2D eigenvalue weighted by molar-refractivity contribution is 0.420. The van der Waals surface area contributed by atoms with Gasteiger partial charge in [0.05, 0.1) is 0 Å². The lowest BCUT2D eigenvalue weighted by atomic mass is 9.83. The smallest absolute Gasteiger partial charge is 0.0131 e. The first kappa shape index (κ1) is 11.7. The minimum atomic E-state index is 0.898. The van der Waals surface area contributed by atoms with E-state index in [1.807, 2.05) is 13.8 Å². The Morgan fingerprint density at radius 1 is 0.938 bits per heavy atom. The van der Waals surface area contributed by atoms with Gasteiger partial charge < -0.3 is 0 Å². The lowest BCUT2D eigenvalue weighted by Crippen LogP contribution is -2.08. The van der Waals surface area contributed by atoms with E-state index in [4.69, 9.17) is 0 Å². The summed E-state index contributed by atoms with van der Waals surface area (Å²) in [7, 11) is 0. The van der Waals surface area contributed by atoms with Crippen molar-refractivity contribution in [2.45, 2.75) is 52.4 Å². The Morgan fingerprint density at radius 3 is 2.12 bits per heavy atom. The van der Waals surface area contributed by atoms with Crippen LogP contribution in [-0.2, 0) is 0 Å². The van der Waals surface area contributed by atoms with Crippen molar-refractivity contribution < 1.29 is 0 Å². The summed E-state index contributed by atoms with van der Waals surface area (Å²) in [5.74, 6) is 2.98. The van der Waals surface area contributed by atoms with E-state index in [1.54, 1.807) is 5.56 Å². The normalized spacial score (nSPS) is 31.1. The molecule has 0 radical (unpaired) electrons. The third-order valence-corrected chi connectivity index (χ3v) is 4.24. The third kappa shape index (κ3) is 2.16. The first-order valence-electron chi connectivity index (χ1n) is 6.89.